The monoisotopic (exact) mass is 205 g/mol. The summed E-state index contributed by atoms with van der Waals surface area (Å²) >= 11 is 0. The van der Waals surface area contributed by atoms with Crippen LogP contribution in [-0.2, 0) is 0 Å². The third-order valence-corrected chi connectivity index (χ3v) is 3.00. The minimum atomic E-state index is -0.260. The van der Waals surface area contributed by atoms with E-state index < -0.39 is 0 Å². The average Bonchev–Trinajstić information content (AvgIpc) is 2.15. The van der Waals surface area contributed by atoms with E-state index in [1.54, 1.807) is 0 Å². The van der Waals surface area contributed by atoms with Crippen LogP contribution < -0.4 is 4.90 Å². The van der Waals surface area contributed by atoms with E-state index in [2.05, 4.69) is 4.90 Å². The lowest BCUT2D eigenvalue weighted by Crippen LogP contribution is -2.51. The summed E-state index contributed by atoms with van der Waals surface area (Å²) in [6, 6.07) is 7.55. The first-order valence-electron chi connectivity index (χ1n) is 5.19. The number of hydrogen-bond acceptors (Lipinski definition) is 3. The average molecular weight is 205 g/mol. The summed E-state index contributed by atoms with van der Waals surface area (Å²) in [5, 5.41) is 9.37. The molecule has 1 unspecified atom stereocenters. The standard InChI is InChI=1S/C12H15NO2/c1-9(15)11-6-13(7-11)12-5-3-2-4-10(12)8-14/h2-5,8-9,11,15H,6-7H2,1H3. The largest absolute Gasteiger partial charge is 0.393 e. The number of aliphatic hydroxyl groups is 1. The summed E-state index contributed by atoms with van der Waals surface area (Å²) in [4.78, 5) is 12.9. The number of rotatable bonds is 3. The van der Waals surface area contributed by atoms with Crippen LogP contribution >= 0.6 is 0 Å². The first kappa shape index (κ1) is 10.2. The van der Waals surface area contributed by atoms with Crippen molar-refractivity contribution in [3.05, 3.63) is 29.8 Å². The van der Waals surface area contributed by atoms with Gasteiger partial charge in [0.25, 0.3) is 0 Å². The summed E-state index contributed by atoms with van der Waals surface area (Å²) < 4.78 is 0. The molecule has 1 aliphatic heterocycles. The number of carbonyl (C=O) groups is 1. The Hall–Kier alpha value is -1.35. The Morgan fingerprint density at radius 3 is 2.73 bits per heavy atom. The Labute approximate surface area is 89.3 Å². The van der Waals surface area contributed by atoms with Crippen molar-refractivity contribution in [1.29, 1.82) is 0 Å². The molecule has 0 bridgehead atoms. The third-order valence-electron chi connectivity index (χ3n) is 3.00. The van der Waals surface area contributed by atoms with E-state index in [9.17, 15) is 9.90 Å². The van der Waals surface area contributed by atoms with Crippen molar-refractivity contribution in [2.24, 2.45) is 5.92 Å². The summed E-state index contributed by atoms with van der Waals surface area (Å²) in [5.41, 5.74) is 1.70. The fraction of sp³-hybridized carbons (Fsp3) is 0.417. The van der Waals surface area contributed by atoms with Crippen LogP contribution in [-0.4, -0.2) is 30.6 Å². The second-order valence-electron chi connectivity index (χ2n) is 4.08. The minimum Gasteiger partial charge on any atom is -0.393 e. The first-order valence-corrected chi connectivity index (χ1v) is 5.19. The Bertz CT molecular complexity index is 356. The maximum Gasteiger partial charge on any atom is 0.152 e. The molecule has 2 rings (SSSR count). The first-order chi connectivity index (χ1) is 7.22. The zero-order chi connectivity index (χ0) is 10.8. The molecule has 0 spiro atoms. The predicted molar refractivity (Wildman–Crippen MR) is 59.2 cm³/mol. The second kappa shape index (κ2) is 4.03. The van der Waals surface area contributed by atoms with E-state index in [1.165, 1.54) is 0 Å². The van der Waals surface area contributed by atoms with Gasteiger partial charge in [-0.2, -0.15) is 0 Å². The van der Waals surface area contributed by atoms with Gasteiger partial charge in [0, 0.05) is 30.3 Å². The molecule has 1 fully saturated rings. The summed E-state index contributed by atoms with van der Waals surface area (Å²) in [6.07, 6.45) is 0.620. The van der Waals surface area contributed by atoms with Crippen molar-refractivity contribution in [3.8, 4) is 0 Å². The molecule has 1 saturated heterocycles. The maximum absolute atomic E-state index is 10.8. The summed E-state index contributed by atoms with van der Waals surface area (Å²) in [7, 11) is 0. The molecule has 3 heteroatoms. The van der Waals surface area contributed by atoms with Gasteiger partial charge < -0.3 is 10.0 Å². The van der Waals surface area contributed by atoms with Gasteiger partial charge in [0.2, 0.25) is 0 Å². The van der Waals surface area contributed by atoms with Crippen molar-refractivity contribution >= 4 is 12.0 Å². The number of para-hydroxylation sites is 1. The molecule has 1 atom stereocenters. The molecular formula is C12H15NO2. The lowest BCUT2D eigenvalue weighted by molar-refractivity contribution is 0.107. The highest BCUT2D eigenvalue weighted by molar-refractivity contribution is 5.84. The maximum atomic E-state index is 10.8. The summed E-state index contributed by atoms with van der Waals surface area (Å²) in [5.74, 6) is 0.338. The highest BCUT2D eigenvalue weighted by Gasteiger charge is 2.31. The molecule has 0 aliphatic carbocycles. The normalized spacial score (nSPS) is 18.4. The van der Waals surface area contributed by atoms with Crippen LogP contribution in [0.4, 0.5) is 5.69 Å². The number of carbonyl (C=O) groups excluding carboxylic acids is 1. The van der Waals surface area contributed by atoms with E-state index in [-0.39, 0.29) is 6.10 Å². The van der Waals surface area contributed by atoms with Gasteiger partial charge in [0.1, 0.15) is 0 Å². The van der Waals surface area contributed by atoms with Crippen molar-refractivity contribution in [3.63, 3.8) is 0 Å². The van der Waals surface area contributed by atoms with Gasteiger partial charge in [-0.05, 0) is 19.1 Å². The fourth-order valence-corrected chi connectivity index (χ4v) is 1.89. The molecule has 80 valence electrons. The highest BCUT2D eigenvalue weighted by Crippen LogP contribution is 2.28. The lowest BCUT2D eigenvalue weighted by atomic mass is 9.93. The molecule has 1 heterocycles. The molecule has 15 heavy (non-hydrogen) atoms. The Morgan fingerprint density at radius 2 is 2.13 bits per heavy atom. The Morgan fingerprint density at radius 1 is 1.47 bits per heavy atom. The zero-order valence-corrected chi connectivity index (χ0v) is 8.76. The number of aliphatic hydroxyl groups excluding tert-OH is 1. The molecular weight excluding hydrogens is 190 g/mol. The fourth-order valence-electron chi connectivity index (χ4n) is 1.89. The van der Waals surface area contributed by atoms with Gasteiger partial charge in [-0.25, -0.2) is 0 Å². The van der Waals surface area contributed by atoms with Crippen LogP contribution in [0, 0.1) is 5.92 Å². The van der Waals surface area contributed by atoms with E-state index in [4.69, 9.17) is 0 Å². The second-order valence-corrected chi connectivity index (χ2v) is 4.08. The highest BCUT2D eigenvalue weighted by atomic mass is 16.3. The van der Waals surface area contributed by atoms with Crippen LogP contribution in [0.5, 0.6) is 0 Å². The number of benzene rings is 1. The van der Waals surface area contributed by atoms with Gasteiger partial charge in [-0.1, -0.05) is 12.1 Å². The van der Waals surface area contributed by atoms with E-state index in [1.807, 2.05) is 31.2 Å². The molecule has 3 nitrogen and oxygen atoms in total. The number of anilines is 1. The molecule has 0 saturated carbocycles. The van der Waals surface area contributed by atoms with Crippen LogP contribution in [0.15, 0.2) is 24.3 Å². The van der Waals surface area contributed by atoms with Gasteiger partial charge in [0.05, 0.1) is 6.10 Å². The van der Waals surface area contributed by atoms with Crippen molar-refractivity contribution < 1.29 is 9.90 Å². The van der Waals surface area contributed by atoms with Gasteiger partial charge >= 0.3 is 0 Å². The minimum absolute atomic E-state index is 0.260. The summed E-state index contributed by atoms with van der Waals surface area (Å²) in [6.45, 7) is 3.48. The van der Waals surface area contributed by atoms with E-state index in [0.717, 1.165) is 30.6 Å². The molecule has 1 N–H and O–H groups in total. The zero-order valence-electron chi connectivity index (χ0n) is 8.76. The molecule has 1 aromatic rings. The number of hydrogen-bond donors (Lipinski definition) is 1. The van der Waals surface area contributed by atoms with Crippen molar-refractivity contribution in [2.45, 2.75) is 13.0 Å². The molecule has 0 amide bonds. The molecule has 1 aliphatic rings. The number of nitrogens with zero attached hydrogens (tertiary/aromatic N) is 1. The van der Waals surface area contributed by atoms with Crippen molar-refractivity contribution in [1.82, 2.24) is 0 Å². The lowest BCUT2D eigenvalue weighted by Gasteiger charge is -2.43. The van der Waals surface area contributed by atoms with E-state index in [0.29, 0.717) is 5.92 Å². The Balaban J connectivity index is 2.09. The predicted octanol–water partition coefficient (Wildman–Crippen LogP) is 1.32. The van der Waals surface area contributed by atoms with Crippen LogP contribution in [0.3, 0.4) is 0 Å². The Kier molecular flexibility index (Phi) is 2.73. The molecule has 0 radical (unpaired) electrons. The van der Waals surface area contributed by atoms with Gasteiger partial charge in [0.15, 0.2) is 6.29 Å². The topological polar surface area (TPSA) is 40.5 Å². The van der Waals surface area contributed by atoms with Crippen LogP contribution in [0.25, 0.3) is 0 Å². The molecule has 1 aromatic carbocycles. The number of aldehydes is 1. The molecule has 0 aromatic heterocycles. The van der Waals surface area contributed by atoms with Gasteiger partial charge in [-0.15, -0.1) is 0 Å². The SMILES string of the molecule is CC(O)C1CN(c2ccccc2C=O)C1. The van der Waals surface area contributed by atoms with Crippen LogP contribution in [0.2, 0.25) is 0 Å². The van der Waals surface area contributed by atoms with Gasteiger partial charge in [-0.3, -0.25) is 4.79 Å². The van der Waals surface area contributed by atoms with Crippen LogP contribution in [0.1, 0.15) is 17.3 Å². The van der Waals surface area contributed by atoms with E-state index >= 15 is 0 Å². The quantitative estimate of drug-likeness (QED) is 0.756. The smallest absolute Gasteiger partial charge is 0.152 e. The third kappa shape index (κ3) is 1.88. The van der Waals surface area contributed by atoms with Crippen molar-refractivity contribution in [2.75, 3.05) is 18.0 Å².